The molecular weight excluding hydrogens is 298 g/mol. The molecule has 0 radical (unpaired) electrons. The molecule has 0 aliphatic heterocycles. The van der Waals surface area contributed by atoms with E-state index in [2.05, 4.69) is 5.32 Å². The molecule has 0 amide bonds. The molecule has 0 atom stereocenters. The molecule has 0 aliphatic carbocycles. The molecule has 2 aromatic rings. The second-order valence-corrected chi connectivity index (χ2v) is 5.46. The summed E-state index contributed by atoms with van der Waals surface area (Å²) in [4.78, 5) is 9.83. The molecule has 2 aromatic carbocycles. The van der Waals surface area contributed by atoms with Crippen LogP contribution in [0.2, 0.25) is 0 Å². The van der Waals surface area contributed by atoms with Gasteiger partial charge in [0.05, 0.1) is 15.5 Å². The van der Waals surface area contributed by atoms with Crippen LogP contribution >= 0.6 is 0 Å². The number of nitrogen functional groups attached to an aromatic ring is 1. The first-order chi connectivity index (χ1) is 9.79. The first kappa shape index (κ1) is 14.8. The van der Waals surface area contributed by atoms with Crippen LogP contribution in [-0.4, -0.2) is 17.9 Å². The Morgan fingerprint density at radius 2 is 1.76 bits per heavy atom. The van der Waals surface area contributed by atoms with Crippen molar-refractivity contribution in [2.75, 3.05) is 11.1 Å². The van der Waals surface area contributed by atoms with Crippen LogP contribution in [0.4, 0.5) is 22.7 Å². The SMILES string of the molecule is Nc1ccc(Nc2ccccc2S(=O)(=O)[O-])c([N+](=O)[O-])c1. The zero-order valence-electron chi connectivity index (χ0n) is 10.5. The summed E-state index contributed by atoms with van der Waals surface area (Å²) in [6, 6.07) is 9.23. The molecular formula is C12H10N3O5S-. The summed E-state index contributed by atoms with van der Waals surface area (Å²) >= 11 is 0. The largest absolute Gasteiger partial charge is 0.744 e. The Hall–Kier alpha value is -2.65. The average Bonchev–Trinajstić information content (AvgIpc) is 2.40. The van der Waals surface area contributed by atoms with Crippen LogP contribution in [0.25, 0.3) is 0 Å². The lowest BCUT2D eigenvalue weighted by atomic mass is 10.2. The Morgan fingerprint density at radius 3 is 2.38 bits per heavy atom. The van der Waals surface area contributed by atoms with Gasteiger partial charge in [0, 0.05) is 11.8 Å². The van der Waals surface area contributed by atoms with E-state index in [1.165, 1.54) is 30.3 Å². The van der Waals surface area contributed by atoms with E-state index in [-0.39, 0.29) is 22.7 Å². The fourth-order valence-electron chi connectivity index (χ4n) is 1.74. The fourth-order valence-corrected chi connectivity index (χ4v) is 2.37. The van der Waals surface area contributed by atoms with Gasteiger partial charge >= 0.3 is 0 Å². The van der Waals surface area contributed by atoms with Crippen LogP contribution in [0.3, 0.4) is 0 Å². The molecule has 0 fully saturated rings. The summed E-state index contributed by atoms with van der Waals surface area (Å²) in [5, 5.41) is 13.6. The maximum atomic E-state index is 11.2. The number of nitro groups is 1. The molecule has 0 aromatic heterocycles. The highest BCUT2D eigenvalue weighted by molar-refractivity contribution is 7.86. The highest BCUT2D eigenvalue weighted by Crippen LogP contribution is 2.31. The van der Waals surface area contributed by atoms with Gasteiger partial charge in [0.2, 0.25) is 0 Å². The summed E-state index contributed by atoms with van der Waals surface area (Å²) in [7, 11) is -4.70. The van der Waals surface area contributed by atoms with Crippen molar-refractivity contribution in [3.05, 3.63) is 52.6 Å². The minimum atomic E-state index is -4.70. The molecule has 110 valence electrons. The first-order valence-corrected chi connectivity index (χ1v) is 7.06. The highest BCUT2D eigenvalue weighted by Gasteiger charge is 2.16. The van der Waals surface area contributed by atoms with Crippen molar-refractivity contribution in [3.63, 3.8) is 0 Å². The van der Waals surface area contributed by atoms with Gasteiger partial charge in [-0.05, 0) is 24.3 Å². The lowest BCUT2D eigenvalue weighted by Crippen LogP contribution is -2.05. The number of rotatable bonds is 4. The third-order valence-corrected chi connectivity index (χ3v) is 3.54. The standard InChI is InChI=1S/C12H11N3O5S/c13-8-5-6-9(11(7-8)15(16)17)14-10-3-1-2-4-12(10)21(18,19)20/h1-7,14H,13H2,(H,18,19,20)/p-1. The van der Waals surface area contributed by atoms with E-state index >= 15 is 0 Å². The van der Waals surface area contributed by atoms with Gasteiger partial charge in [0.1, 0.15) is 15.8 Å². The molecule has 8 nitrogen and oxygen atoms in total. The van der Waals surface area contributed by atoms with Crippen molar-refractivity contribution < 1.29 is 17.9 Å². The molecule has 0 aliphatic rings. The van der Waals surface area contributed by atoms with Gasteiger partial charge in [-0.3, -0.25) is 10.1 Å². The average molecular weight is 308 g/mol. The van der Waals surface area contributed by atoms with Crippen LogP contribution in [0.5, 0.6) is 0 Å². The van der Waals surface area contributed by atoms with Gasteiger partial charge in [0.15, 0.2) is 0 Å². The number of nitrogens with zero attached hydrogens (tertiary/aromatic N) is 1. The summed E-state index contributed by atoms with van der Waals surface area (Å²) in [6.45, 7) is 0. The topological polar surface area (TPSA) is 138 Å². The molecule has 0 bridgehead atoms. The highest BCUT2D eigenvalue weighted by atomic mass is 32.2. The van der Waals surface area contributed by atoms with E-state index < -0.39 is 19.9 Å². The van der Waals surface area contributed by atoms with E-state index in [1.807, 2.05) is 0 Å². The number of nitro benzene ring substituents is 1. The Bertz CT molecular complexity index is 804. The van der Waals surface area contributed by atoms with Crippen LogP contribution in [0.1, 0.15) is 0 Å². The van der Waals surface area contributed by atoms with Crippen molar-refractivity contribution in [1.29, 1.82) is 0 Å². The van der Waals surface area contributed by atoms with Crippen LogP contribution in [0, 0.1) is 10.1 Å². The van der Waals surface area contributed by atoms with Crippen molar-refractivity contribution in [3.8, 4) is 0 Å². The van der Waals surface area contributed by atoms with E-state index in [0.29, 0.717) is 0 Å². The van der Waals surface area contributed by atoms with Crippen LogP contribution < -0.4 is 11.1 Å². The lowest BCUT2D eigenvalue weighted by Gasteiger charge is -2.14. The molecule has 0 unspecified atom stereocenters. The molecule has 0 spiro atoms. The molecule has 21 heavy (non-hydrogen) atoms. The zero-order valence-corrected chi connectivity index (χ0v) is 11.3. The fraction of sp³-hybridized carbons (Fsp3) is 0. The third-order valence-electron chi connectivity index (χ3n) is 2.64. The number of hydrogen-bond donors (Lipinski definition) is 2. The molecule has 0 heterocycles. The van der Waals surface area contributed by atoms with Gasteiger partial charge in [-0.25, -0.2) is 8.42 Å². The molecule has 0 saturated carbocycles. The monoisotopic (exact) mass is 308 g/mol. The predicted molar refractivity (Wildman–Crippen MR) is 75.2 cm³/mol. The third kappa shape index (κ3) is 3.27. The smallest absolute Gasteiger partial charge is 0.294 e. The van der Waals surface area contributed by atoms with E-state index in [4.69, 9.17) is 5.73 Å². The summed E-state index contributed by atoms with van der Waals surface area (Å²) in [6.07, 6.45) is 0. The normalized spacial score (nSPS) is 11.1. The van der Waals surface area contributed by atoms with Crippen molar-refractivity contribution in [2.24, 2.45) is 0 Å². The van der Waals surface area contributed by atoms with Crippen molar-refractivity contribution in [1.82, 2.24) is 0 Å². The van der Waals surface area contributed by atoms with Crippen molar-refractivity contribution in [2.45, 2.75) is 4.90 Å². The summed E-state index contributed by atoms with van der Waals surface area (Å²) in [5.41, 5.74) is 5.34. The lowest BCUT2D eigenvalue weighted by molar-refractivity contribution is -0.383. The van der Waals surface area contributed by atoms with Gasteiger partial charge in [-0.15, -0.1) is 0 Å². The summed E-state index contributed by atoms with van der Waals surface area (Å²) in [5.74, 6) is 0. The Balaban J connectivity index is 2.52. The zero-order chi connectivity index (χ0) is 15.6. The number of nitrogens with one attached hydrogen (secondary N) is 1. The minimum absolute atomic E-state index is 0.0327. The second-order valence-electron chi connectivity index (χ2n) is 4.11. The number of hydrogen-bond acceptors (Lipinski definition) is 7. The maximum Gasteiger partial charge on any atom is 0.294 e. The van der Waals surface area contributed by atoms with Gasteiger partial charge in [-0.2, -0.15) is 0 Å². The first-order valence-electron chi connectivity index (χ1n) is 5.65. The Labute approximate surface area is 120 Å². The molecule has 9 heteroatoms. The summed E-state index contributed by atoms with van der Waals surface area (Å²) < 4.78 is 33.5. The van der Waals surface area contributed by atoms with Gasteiger partial charge in [0.25, 0.3) is 5.69 Å². The number of para-hydroxylation sites is 1. The second kappa shape index (κ2) is 5.38. The van der Waals surface area contributed by atoms with Gasteiger partial charge < -0.3 is 15.6 Å². The van der Waals surface area contributed by atoms with Crippen LogP contribution in [-0.2, 0) is 10.1 Å². The minimum Gasteiger partial charge on any atom is -0.744 e. The Morgan fingerprint density at radius 1 is 1.10 bits per heavy atom. The van der Waals surface area contributed by atoms with E-state index in [1.54, 1.807) is 0 Å². The van der Waals surface area contributed by atoms with E-state index in [0.717, 1.165) is 12.1 Å². The molecule has 0 saturated heterocycles. The van der Waals surface area contributed by atoms with Crippen molar-refractivity contribution >= 4 is 32.9 Å². The van der Waals surface area contributed by atoms with E-state index in [9.17, 15) is 23.1 Å². The molecule has 2 rings (SSSR count). The number of anilines is 3. The van der Waals surface area contributed by atoms with Gasteiger partial charge in [-0.1, -0.05) is 12.1 Å². The van der Waals surface area contributed by atoms with Crippen LogP contribution in [0.15, 0.2) is 47.4 Å². The predicted octanol–water partition coefficient (Wildman–Crippen LogP) is 1.82. The molecule has 3 N–H and O–H groups in total. The number of benzene rings is 2. The number of nitrogens with two attached hydrogens (primary N) is 1. The Kier molecular flexibility index (Phi) is 3.78. The maximum absolute atomic E-state index is 11.2. The quantitative estimate of drug-likeness (QED) is 0.380.